The third-order valence-electron chi connectivity index (χ3n) is 6.38. The van der Waals surface area contributed by atoms with Gasteiger partial charge in [-0.3, -0.25) is 14.6 Å². The number of hydrogen-bond donors (Lipinski definition) is 0. The molecule has 0 aliphatic carbocycles. The van der Waals surface area contributed by atoms with Crippen molar-refractivity contribution in [2.75, 3.05) is 18.0 Å². The number of nitrogens with zero attached hydrogens (tertiary/aromatic N) is 3. The zero-order chi connectivity index (χ0) is 23.2. The van der Waals surface area contributed by atoms with Crippen molar-refractivity contribution in [1.29, 1.82) is 0 Å². The Bertz CT molecular complexity index is 1220. The number of hydrogen-bond acceptors (Lipinski definition) is 4. The third-order valence-corrected chi connectivity index (χ3v) is 6.38. The van der Waals surface area contributed by atoms with Crippen LogP contribution in [0.25, 0.3) is 10.9 Å². The number of ether oxygens (including phenoxy) is 1. The lowest BCUT2D eigenvalue weighted by molar-refractivity contribution is 0.0547. The summed E-state index contributed by atoms with van der Waals surface area (Å²) in [6.45, 7) is 9.15. The van der Waals surface area contributed by atoms with Crippen molar-refractivity contribution >= 4 is 28.7 Å². The normalized spacial score (nSPS) is 16.9. The smallest absolute Gasteiger partial charge is 0.420 e. The van der Waals surface area contributed by atoms with Crippen LogP contribution in [0.3, 0.4) is 0 Å². The summed E-state index contributed by atoms with van der Waals surface area (Å²) in [5, 5.41) is 0.939. The van der Waals surface area contributed by atoms with Gasteiger partial charge in [0.1, 0.15) is 11.4 Å². The Morgan fingerprint density at radius 3 is 2.48 bits per heavy atom. The van der Waals surface area contributed by atoms with E-state index in [1.165, 1.54) is 24.8 Å². The number of fused-ring (bicyclic) bond motifs is 2. The molecule has 0 saturated carbocycles. The van der Waals surface area contributed by atoms with Crippen molar-refractivity contribution in [3.05, 3.63) is 65.2 Å². The first-order valence-corrected chi connectivity index (χ1v) is 11.8. The molecule has 0 bridgehead atoms. The number of rotatable bonds is 3. The Labute approximate surface area is 194 Å². The van der Waals surface area contributed by atoms with Gasteiger partial charge >= 0.3 is 6.09 Å². The topological polar surface area (TPSA) is 54.8 Å². The van der Waals surface area contributed by atoms with E-state index >= 15 is 0 Å². The standard InChI is InChI=1S/C27H31N3O3/c1-27(2,3)33-26(32)30-23-12-11-19(17-28-13-7-4-8-14-28)15-21(23)16-24(30)29-18-20-9-5-6-10-22(20)25(29)31/h5-6,9-12,15-16H,4,7-8,13-14,17-18H2,1-3H3. The van der Waals surface area contributed by atoms with Crippen LogP contribution < -0.4 is 4.90 Å². The summed E-state index contributed by atoms with van der Waals surface area (Å²) in [5.74, 6) is 0.460. The van der Waals surface area contributed by atoms with E-state index in [9.17, 15) is 9.59 Å². The fourth-order valence-electron chi connectivity index (χ4n) is 4.86. The number of amides is 1. The van der Waals surface area contributed by atoms with Crippen molar-refractivity contribution in [2.45, 2.75) is 58.7 Å². The number of piperidine rings is 1. The molecule has 1 aromatic heterocycles. The van der Waals surface area contributed by atoms with Crippen LogP contribution in [0.5, 0.6) is 0 Å². The van der Waals surface area contributed by atoms with E-state index in [0.717, 1.165) is 36.1 Å². The molecule has 6 heteroatoms. The molecule has 1 amide bonds. The second-order valence-corrected chi connectivity index (χ2v) is 10.1. The van der Waals surface area contributed by atoms with Gasteiger partial charge in [0.15, 0.2) is 0 Å². The summed E-state index contributed by atoms with van der Waals surface area (Å²) in [6, 6.07) is 15.8. The first-order valence-electron chi connectivity index (χ1n) is 11.8. The minimum Gasteiger partial charge on any atom is -0.443 e. The molecule has 2 aromatic carbocycles. The highest BCUT2D eigenvalue weighted by Crippen LogP contribution is 2.34. The lowest BCUT2D eigenvalue weighted by Crippen LogP contribution is -2.31. The Hall–Kier alpha value is -3.12. The van der Waals surface area contributed by atoms with Crippen molar-refractivity contribution in [1.82, 2.24) is 9.47 Å². The van der Waals surface area contributed by atoms with Crippen LogP contribution in [0.15, 0.2) is 48.5 Å². The van der Waals surface area contributed by atoms with Crippen molar-refractivity contribution in [3.8, 4) is 0 Å². The molecule has 6 nitrogen and oxygen atoms in total. The van der Waals surface area contributed by atoms with Crippen LogP contribution in [0.4, 0.5) is 10.6 Å². The van der Waals surface area contributed by atoms with E-state index in [2.05, 4.69) is 17.0 Å². The second-order valence-electron chi connectivity index (χ2n) is 10.1. The molecule has 1 fully saturated rings. The zero-order valence-electron chi connectivity index (χ0n) is 19.6. The van der Waals surface area contributed by atoms with Crippen LogP contribution in [0, 0.1) is 0 Å². The molecular formula is C27H31N3O3. The van der Waals surface area contributed by atoms with E-state index in [1.807, 2.05) is 57.2 Å². The maximum absolute atomic E-state index is 13.3. The zero-order valence-corrected chi connectivity index (χ0v) is 19.6. The SMILES string of the molecule is CC(C)(C)OC(=O)n1c(N2Cc3ccccc3C2=O)cc2cc(CN3CCCCC3)ccc21. The number of aromatic nitrogens is 1. The molecule has 0 N–H and O–H groups in total. The van der Waals surface area contributed by atoms with E-state index in [-0.39, 0.29) is 5.91 Å². The maximum atomic E-state index is 13.3. The summed E-state index contributed by atoms with van der Waals surface area (Å²) in [6.07, 6.45) is 3.34. The molecule has 2 aliphatic rings. The molecule has 2 aliphatic heterocycles. The molecule has 3 aromatic rings. The number of benzene rings is 2. The highest BCUT2D eigenvalue weighted by molar-refractivity contribution is 6.11. The van der Waals surface area contributed by atoms with Gasteiger partial charge in [0, 0.05) is 17.5 Å². The van der Waals surface area contributed by atoms with E-state index in [1.54, 1.807) is 9.47 Å². The van der Waals surface area contributed by atoms with Gasteiger partial charge in [0.2, 0.25) is 0 Å². The highest BCUT2D eigenvalue weighted by atomic mass is 16.6. The second kappa shape index (κ2) is 8.34. The number of anilines is 1. The van der Waals surface area contributed by atoms with Gasteiger partial charge in [-0.05, 0) is 82.1 Å². The summed E-state index contributed by atoms with van der Waals surface area (Å²) < 4.78 is 7.28. The monoisotopic (exact) mass is 445 g/mol. The molecule has 172 valence electrons. The van der Waals surface area contributed by atoms with Gasteiger partial charge in [0.05, 0.1) is 12.1 Å². The number of likely N-dealkylation sites (tertiary alicyclic amines) is 1. The molecule has 0 unspecified atom stereocenters. The average molecular weight is 446 g/mol. The largest absolute Gasteiger partial charge is 0.443 e. The van der Waals surface area contributed by atoms with Gasteiger partial charge in [-0.25, -0.2) is 9.36 Å². The van der Waals surface area contributed by atoms with E-state index < -0.39 is 11.7 Å². The molecule has 0 radical (unpaired) electrons. The molecule has 5 rings (SSSR count). The average Bonchev–Trinajstić information content (AvgIpc) is 3.31. The van der Waals surface area contributed by atoms with Crippen molar-refractivity contribution in [2.24, 2.45) is 0 Å². The van der Waals surface area contributed by atoms with Crippen LogP contribution in [0.1, 0.15) is 61.5 Å². The maximum Gasteiger partial charge on any atom is 0.420 e. The van der Waals surface area contributed by atoms with Crippen LogP contribution in [-0.4, -0.2) is 40.2 Å². The first kappa shape index (κ1) is 21.7. The van der Waals surface area contributed by atoms with E-state index in [0.29, 0.717) is 17.9 Å². The molecule has 0 atom stereocenters. The quantitative estimate of drug-likeness (QED) is 0.529. The van der Waals surface area contributed by atoms with Gasteiger partial charge in [-0.1, -0.05) is 30.7 Å². The Morgan fingerprint density at radius 1 is 1.00 bits per heavy atom. The predicted molar refractivity (Wildman–Crippen MR) is 130 cm³/mol. The van der Waals surface area contributed by atoms with Gasteiger partial charge in [-0.15, -0.1) is 0 Å². The molecule has 0 spiro atoms. The van der Waals surface area contributed by atoms with Crippen LogP contribution >= 0.6 is 0 Å². The summed E-state index contributed by atoms with van der Waals surface area (Å²) >= 11 is 0. The minimum atomic E-state index is -0.642. The lowest BCUT2D eigenvalue weighted by Gasteiger charge is -2.26. The van der Waals surface area contributed by atoms with Gasteiger partial charge in [-0.2, -0.15) is 0 Å². The first-order chi connectivity index (χ1) is 15.8. The molecule has 1 saturated heterocycles. The molecule has 33 heavy (non-hydrogen) atoms. The molecule has 3 heterocycles. The summed E-state index contributed by atoms with van der Waals surface area (Å²) in [5.41, 5.74) is 2.98. The van der Waals surface area contributed by atoms with Gasteiger partial charge in [0.25, 0.3) is 5.91 Å². The highest BCUT2D eigenvalue weighted by Gasteiger charge is 2.33. The Kier molecular flexibility index (Phi) is 5.49. The Morgan fingerprint density at radius 2 is 1.76 bits per heavy atom. The fourth-order valence-corrected chi connectivity index (χ4v) is 4.86. The number of carbonyl (C=O) groups is 2. The number of carbonyl (C=O) groups excluding carboxylic acids is 2. The van der Waals surface area contributed by atoms with Crippen LogP contribution in [0.2, 0.25) is 0 Å². The van der Waals surface area contributed by atoms with Crippen molar-refractivity contribution < 1.29 is 14.3 Å². The summed E-state index contributed by atoms with van der Waals surface area (Å²) in [4.78, 5) is 30.7. The van der Waals surface area contributed by atoms with E-state index in [4.69, 9.17) is 4.74 Å². The van der Waals surface area contributed by atoms with Crippen molar-refractivity contribution in [3.63, 3.8) is 0 Å². The minimum absolute atomic E-state index is 0.0910. The fraction of sp³-hybridized carbons (Fsp3) is 0.407. The van der Waals surface area contributed by atoms with Gasteiger partial charge < -0.3 is 4.74 Å². The lowest BCUT2D eigenvalue weighted by atomic mass is 10.1. The van der Waals surface area contributed by atoms with Crippen LogP contribution in [-0.2, 0) is 17.8 Å². The predicted octanol–water partition coefficient (Wildman–Crippen LogP) is 5.57. The Balaban J connectivity index is 1.55. The summed E-state index contributed by atoms with van der Waals surface area (Å²) in [7, 11) is 0. The molecular weight excluding hydrogens is 414 g/mol. The third kappa shape index (κ3) is 4.27.